The van der Waals surface area contributed by atoms with Crippen molar-refractivity contribution in [3.05, 3.63) is 34.9 Å². The lowest BCUT2D eigenvalue weighted by Crippen LogP contribution is -1.93. The summed E-state index contributed by atoms with van der Waals surface area (Å²) in [6.45, 7) is 4.03. The van der Waals surface area contributed by atoms with Gasteiger partial charge in [0.2, 0.25) is 6.29 Å². The molecule has 1 heteroatoms. The number of carbonyl (C=O) groups excluding carboxylic acids is 1. The first-order valence-corrected chi connectivity index (χ1v) is 3.66. The summed E-state index contributed by atoms with van der Waals surface area (Å²) in [7, 11) is 0. The lowest BCUT2D eigenvalue weighted by molar-refractivity contribution is 0.555. The summed E-state index contributed by atoms with van der Waals surface area (Å²) in [6, 6.07) is 6.03. The average molecular weight is 147 g/mol. The third-order valence-electron chi connectivity index (χ3n) is 1.89. The van der Waals surface area contributed by atoms with E-state index in [-0.39, 0.29) is 0 Å². The number of hydrogen-bond acceptors (Lipinski definition) is 1. The van der Waals surface area contributed by atoms with Crippen LogP contribution in [0.1, 0.15) is 16.7 Å². The van der Waals surface area contributed by atoms with Gasteiger partial charge in [0.25, 0.3) is 0 Å². The minimum atomic E-state index is 0.415. The van der Waals surface area contributed by atoms with Gasteiger partial charge in [-0.3, -0.25) is 4.79 Å². The summed E-state index contributed by atoms with van der Waals surface area (Å²) in [6.07, 6.45) is 2.33. The van der Waals surface area contributed by atoms with Crippen LogP contribution in [0.3, 0.4) is 0 Å². The highest BCUT2D eigenvalue weighted by Gasteiger charge is 1.99. The van der Waals surface area contributed by atoms with Crippen LogP contribution < -0.4 is 0 Å². The molecule has 0 bridgehead atoms. The van der Waals surface area contributed by atoms with E-state index in [2.05, 4.69) is 0 Å². The predicted molar refractivity (Wildman–Crippen MR) is 45.3 cm³/mol. The Morgan fingerprint density at radius 1 is 1.27 bits per heavy atom. The van der Waals surface area contributed by atoms with Crippen molar-refractivity contribution in [1.29, 1.82) is 0 Å². The Bertz CT molecular complexity index is 243. The molecule has 11 heavy (non-hydrogen) atoms. The van der Waals surface area contributed by atoms with Gasteiger partial charge in [0.15, 0.2) is 0 Å². The molecule has 0 amide bonds. The minimum Gasteiger partial charge on any atom is -0.291 e. The van der Waals surface area contributed by atoms with Gasteiger partial charge in [0.1, 0.15) is 0 Å². The lowest BCUT2D eigenvalue weighted by atomic mass is 10.0. The quantitative estimate of drug-likeness (QED) is 0.625. The smallest absolute Gasteiger partial charge is 0.203 e. The third-order valence-corrected chi connectivity index (χ3v) is 1.89. The van der Waals surface area contributed by atoms with Crippen LogP contribution >= 0.6 is 0 Å². The topological polar surface area (TPSA) is 17.1 Å². The summed E-state index contributed by atoms with van der Waals surface area (Å²) >= 11 is 0. The van der Waals surface area contributed by atoms with E-state index in [0.717, 1.165) is 5.56 Å². The van der Waals surface area contributed by atoms with Crippen LogP contribution in [0.5, 0.6) is 0 Å². The molecule has 0 aliphatic rings. The minimum absolute atomic E-state index is 0.415. The Labute approximate surface area is 67.1 Å². The molecule has 0 aromatic heterocycles. The van der Waals surface area contributed by atoms with E-state index in [1.807, 2.05) is 38.3 Å². The Balaban J connectivity index is 3.09. The molecule has 0 spiro atoms. The van der Waals surface area contributed by atoms with Crippen molar-refractivity contribution in [2.75, 3.05) is 0 Å². The molecule has 1 radical (unpaired) electrons. The fourth-order valence-electron chi connectivity index (χ4n) is 1.20. The fourth-order valence-corrected chi connectivity index (χ4v) is 1.20. The summed E-state index contributed by atoms with van der Waals surface area (Å²) in [5.41, 5.74) is 3.46. The lowest BCUT2D eigenvalue weighted by Gasteiger charge is -2.04. The number of rotatable bonds is 2. The maximum absolute atomic E-state index is 10.2. The third kappa shape index (κ3) is 1.67. The van der Waals surface area contributed by atoms with Gasteiger partial charge in [0.05, 0.1) is 0 Å². The molecule has 0 atom stereocenters. The molecule has 57 valence electrons. The summed E-state index contributed by atoms with van der Waals surface area (Å²) in [5, 5.41) is 0. The van der Waals surface area contributed by atoms with Crippen LogP contribution in [0, 0.1) is 13.8 Å². The van der Waals surface area contributed by atoms with Gasteiger partial charge >= 0.3 is 0 Å². The van der Waals surface area contributed by atoms with E-state index < -0.39 is 0 Å². The summed E-state index contributed by atoms with van der Waals surface area (Å²) < 4.78 is 0. The molecular formula is C10H11O. The first-order chi connectivity index (χ1) is 5.25. The van der Waals surface area contributed by atoms with Crippen molar-refractivity contribution >= 4 is 6.29 Å². The van der Waals surface area contributed by atoms with Crippen LogP contribution in [0.25, 0.3) is 0 Å². The molecule has 0 saturated heterocycles. The molecule has 1 aromatic carbocycles. The maximum Gasteiger partial charge on any atom is 0.203 e. The molecule has 0 unspecified atom stereocenters. The molecule has 1 nitrogen and oxygen atoms in total. The zero-order valence-electron chi connectivity index (χ0n) is 6.85. The average Bonchev–Trinajstić information content (AvgIpc) is 1.97. The second kappa shape index (κ2) is 3.33. The van der Waals surface area contributed by atoms with Gasteiger partial charge in [-0.25, -0.2) is 0 Å². The largest absolute Gasteiger partial charge is 0.291 e. The SMILES string of the molecule is Cc1cccc(C)c1C[C]=O. The van der Waals surface area contributed by atoms with Crippen LogP contribution in [0.4, 0.5) is 0 Å². The molecular weight excluding hydrogens is 136 g/mol. The standard InChI is InChI=1S/C10H11O/c1-8-4-3-5-9(2)10(8)6-7-11/h3-5H,6H2,1-2H3. The monoisotopic (exact) mass is 147 g/mol. The molecule has 0 fully saturated rings. The molecule has 0 aliphatic carbocycles. The number of aryl methyl sites for hydroxylation is 2. The van der Waals surface area contributed by atoms with E-state index in [0.29, 0.717) is 6.42 Å². The molecule has 1 rings (SSSR count). The van der Waals surface area contributed by atoms with Gasteiger partial charge in [-0.1, -0.05) is 18.2 Å². The van der Waals surface area contributed by atoms with E-state index in [4.69, 9.17) is 0 Å². The second-order valence-electron chi connectivity index (χ2n) is 2.69. The van der Waals surface area contributed by atoms with Crippen molar-refractivity contribution in [2.45, 2.75) is 20.3 Å². The first-order valence-electron chi connectivity index (χ1n) is 3.66. The Morgan fingerprint density at radius 3 is 2.27 bits per heavy atom. The summed E-state index contributed by atoms with van der Waals surface area (Å²) in [4.78, 5) is 10.2. The molecule has 0 N–H and O–H groups in total. The van der Waals surface area contributed by atoms with E-state index in [9.17, 15) is 4.79 Å². The highest BCUT2D eigenvalue weighted by molar-refractivity contribution is 5.58. The zero-order chi connectivity index (χ0) is 8.27. The van der Waals surface area contributed by atoms with E-state index >= 15 is 0 Å². The van der Waals surface area contributed by atoms with Gasteiger partial charge in [-0.05, 0) is 30.5 Å². The Morgan fingerprint density at radius 2 is 1.82 bits per heavy atom. The van der Waals surface area contributed by atoms with Crippen LogP contribution in [0.15, 0.2) is 18.2 Å². The highest BCUT2D eigenvalue weighted by atomic mass is 16.1. The Kier molecular flexibility index (Phi) is 2.42. The van der Waals surface area contributed by atoms with Gasteiger partial charge in [-0.2, -0.15) is 0 Å². The van der Waals surface area contributed by atoms with Crippen molar-refractivity contribution in [2.24, 2.45) is 0 Å². The zero-order valence-corrected chi connectivity index (χ0v) is 6.85. The van der Waals surface area contributed by atoms with Crippen molar-refractivity contribution < 1.29 is 4.79 Å². The molecule has 0 saturated carbocycles. The van der Waals surface area contributed by atoms with Crippen molar-refractivity contribution in [3.63, 3.8) is 0 Å². The summed E-state index contributed by atoms with van der Waals surface area (Å²) in [5.74, 6) is 0. The maximum atomic E-state index is 10.2. The van der Waals surface area contributed by atoms with Crippen molar-refractivity contribution in [1.82, 2.24) is 0 Å². The second-order valence-corrected chi connectivity index (χ2v) is 2.69. The predicted octanol–water partition coefficient (Wildman–Crippen LogP) is 1.96. The van der Waals surface area contributed by atoms with Crippen LogP contribution in [-0.4, -0.2) is 6.29 Å². The van der Waals surface area contributed by atoms with Gasteiger partial charge < -0.3 is 0 Å². The van der Waals surface area contributed by atoms with Crippen LogP contribution in [0.2, 0.25) is 0 Å². The van der Waals surface area contributed by atoms with Gasteiger partial charge in [0, 0.05) is 6.42 Å². The van der Waals surface area contributed by atoms with Crippen molar-refractivity contribution in [3.8, 4) is 0 Å². The molecule has 0 aliphatic heterocycles. The molecule has 1 aromatic rings. The fraction of sp³-hybridized carbons (Fsp3) is 0.300. The first kappa shape index (κ1) is 7.99. The number of benzene rings is 1. The van der Waals surface area contributed by atoms with Crippen LogP contribution in [-0.2, 0) is 11.2 Å². The Hall–Kier alpha value is -1.11. The normalized spacial score (nSPS) is 9.64. The number of hydrogen-bond donors (Lipinski definition) is 0. The van der Waals surface area contributed by atoms with Gasteiger partial charge in [-0.15, -0.1) is 0 Å². The van der Waals surface area contributed by atoms with E-state index in [1.54, 1.807) is 0 Å². The highest BCUT2D eigenvalue weighted by Crippen LogP contribution is 2.12. The van der Waals surface area contributed by atoms with E-state index in [1.165, 1.54) is 11.1 Å². The molecule has 0 heterocycles.